The van der Waals surface area contributed by atoms with E-state index in [-0.39, 0.29) is 23.0 Å². The number of hydrogen-bond donors (Lipinski definition) is 1. The molecule has 7 nitrogen and oxygen atoms in total. The summed E-state index contributed by atoms with van der Waals surface area (Å²) >= 11 is 5.75. The fraction of sp³-hybridized carbons (Fsp3) is 0.500. The first-order chi connectivity index (χ1) is 13.0. The van der Waals surface area contributed by atoms with Crippen LogP contribution in [0.25, 0.3) is 0 Å². The molecule has 1 unspecified atom stereocenters. The molecule has 1 saturated heterocycles. The van der Waals surface area contributed by atoms with Crippen LogP contribution in [0, 0.1) is 11.7 Å². The van der Waals surface area contributed by atoms with Crippen LogP contribution in [0.1, 0.15) is 37.6 Å². The minimum absolute atomic E-state index is 0.00987. The summed E-state index contributed by atoms with van der Waals surface area (Å²) in [6.07, 6.45) is 1.23. The highest BCUT2D eigenvalue weighted by Crippen LogP contribution is 2.23. The molecule has 1 aliphatic heterocycles. The standard InChI is InChI=1S/C18H22ClFN4O3/c1-11(26-2)17-22-16(27-23-17)10-24-7-5-12(6-8-24)18(25)21-13-3-4-15(20)14(19)9-13/h3-4,9,11-12H,5-8,10H2,1-2H3,(H,21,25). The molecule has 1 aromatic heterocycles. The molecule has 0 radical (unpaired) electrons. The van der Waals surface area contributed by atoms with Gasteiger partial charge in [0.05, 0.1) is 11.6 Å². The molecule has 9 heteroatoms. The third kappa shape index (κ3) is 5.03. The second kappa shape index (κ2) is 8.77. The van der Waals surface area contributed by atoms with E-state index in [0.717, 1.165) is 25.9 Å². The largest absolute Gasteiger partial charge is 0.374 e. The van der Waals surface area contributed by atoms with Crippen LogP contribution in [0.3, 0.4) is 0 Å². The number of hydrogen-bond acceptors (Lipinski definition) is 6. The molecule has 2 aromatic rings. The van der Waals surface area contributed by atoms with Crippen LogP contribution in [0.2, 0.25) is 5.02 Å². The minimum atomic E-state index is -0.507. The Kier molecular flexibility index (Phi) is 6.41. The number of rotatable bonds is 6. The Morgan fingerprint density at radius 3 is 2.89 bits per heavy atom. The lowest BCUT2D eigenvalue weighted by Crippen LogP contribution is -2.37. The normalized spacial score (nSPS) is 17.0. The van der Waals surface area contributed by atoms with Crippen molar-refractivity contribution in [2.75, 3.05) is 25.5 Å². The van der Waals surface area contributed by atoms with Crippen molar-refractivity contribution < 1.29 is 18.4 Å². The average Bonchev–Trinajstić information content (AvgIpc) is 3.13. The zero-order valence-corrected chi connectivity index (χ0v) is 16.0. The highest BCUT2D eigenvalue weighted by Gasteiger charge is 2.26. The summed E-state index contributed by atoms with van der Waals surface area (Å²) in [5, 5.41) is 6.71. The van der Waals surface area contributed by atoms with Gasteiger partial charge in [-0.1, -0.05) is 16.8 Å². The molecule has 0 bridgehead atoms. The zero-order chi connectivity index (χ0) is 19.4. The third-order valence-corrected chi connectivity index (χ3v) is 4.99. The molecule has 1 amide bonds. The average molecular weight is 397 g/mol. The summed E-state index contributed by atoms with van der Waals surface area (Å²) in [6, 6.07) is 4.16. The number of carbonyl (C=O) groups is 1. The van der Waals surface area contributed by atoms with Crippen LogP contribution < -0.4 is 5.32 Å². The molecule has 1 fully saturated rings. The van der Waals surface area contributed by atoms with Crippen molar-refractivity contribution in [3.8, 4) is 0 Å². The van der Waals surface area contributed by atoms with Crippen LogP contribution in [-0.4, -0.2) is 41.1 Å². The molecule has 27 heavy (non-hydrogen) atoms. The van der Waals surface area contributed by atoms with E-state index in [4.69, 9.17) is 20.9 Å². The molecule has 146 valence electrons. The van der Waals surface area contributed by atoms with Crippen molar-refractivity contribution in [1.29, 1.82) is 0 Å². The third-order valence-electron chi connectivity index (χ3n) is 4.71. The monoisotopic (exact) mass is 396 g/mol. The van der Waals surface area contributed by atoms with Gasteiger partial charge in [0.2, 0.25) is 11.8 Å². The van der Waals surface area contributed by atoms with Gasteiger partial charge in [0.1, 0.15) is 11.9 Å². The van der Waals surface area contributed by atoms with E-state index < -0.39 is 5.82 Å². The molecular formula is C18H22ClFN4O3. The van der Waals surface area contributed by atoms with Gasteiger partial charge >= 0.3 is 0 Å². The number of nitrogens with zero attached hydrogens (tertiary/aromatic N) is 3. The van der Waals surface area contributed by atoms with Gasteiger partial charge in [-0.2, -0.15) is 4.98 Å². The molecule has 0 saturated carbocycles. The predicted octanol–water partition coefficient (Wildman–Crippen LogP) is 3.42. The number of ether oxygens (including phenoxy) is 1. The van der Waals surface area contributed by atoms with E-state index in [1.54, 1.807) is 7.11 Å². The molecule has 1 aliphatic rings. The van der Waals surface area contributed by atoms with Gasteiger partial charge in [0, 0.05) is 18.7 Å². The molecular weight excluding hydrogens is 375 g/mol. The van der Waals surface area contributed by atoms with Gasteiger partial charge in [-0.25, -0.2) is 4.39 Å². The van der Waals surface area contributed by atoms with E-state index in [0.29, 0.717) is 23.9 Å². The Bertz CT molecular complexity index is 793. The Balaban J connectivity index is 1.48. The Morgan fingerprint density at radius 2 is 2.22 bits per heavy atom. The van der Waals surface area contributed by atoms with Gasteiger partial charge in [0.15, 0.2) is 5.82 Å². The number of amides is 1. The molecule has 2 heterocycles. The summed E-state index contributed by atoms with van der Waals surface area (Å²) in [4.78, 5) is 18.9. The lowest BCUT2D eigenvalue weighted by atomic mass is 9.96. The van der Waals surface area contributed by atoms with Crippen molar-refractivity contribution >= 4 is 23.2 Å². The van der Waals surface area contributed by atoms with Crippen LogP contribution in [0.15, 0.2) is 22.7 Å². The first-order valence-corrected chi connectivity index (χ1v) is 9.17. The molecule has 3 rings (SSSR count). The molecule has 1 aromatic carbocycles. The Labute approximate surface area is 161 Å². The van der Waals surface area contributed by atoms with Gasteiger partial charge in [-0.05, 0) is 51.1 Å². The molecule has 0 spiro atoms. The molecule has 0 aliphatic carbocycles. The van der Waals surface area contributed by atoms with Crippen LogP contribution in [0.4, 0.5) is 10.1 Å². The van der Waals surface area contributed by atoms with Crippen molar-refractivity contribution in [3.63, 3.8) is 0 Å². The van der Waals surface area contributed by atoms with Crippen molar-refractivity contribution in [3.05, 3.63) is 40.8 Å². The number of halogens is 2. The number of anilines is 1. The number of aromatic nitrogens is 2. The smallest absolute Gasteiger partial charge is 0.240 e. The summed E-state index contributed by atoms with van der Waals surface area (Å²) in [5.41, 5.74) is 0.500. The fourth-order valence-corrected chi connectivity index (χ4v) is 3.15. The van der Waals surface area contributed by atoms with Crippen LogP contribution in [-0.2, 0) is 16.1 Å². The molecule has 1 atom stereocenters. The lowest BCUT2D eigenvalue weighted by Gasteiger charge is -2.30. The van der Waals surface area contributed by atoms with E-state index >= 15 is 0 Å². The summed E-state index contributed by atoms with van der Waals surface area (Å²) < 4.78 is 23.6. The minimum Gasteiger partial charge on any atom is -0.374 e. The number of likely N-dealkylation sites (tertiary alicyclic amines) is 1. The zero-order valence-electron chi connectivity index (χ0n) is 15.2. The number of piperidine rings is 1. The second-order valence-corrected chi connectivity index (χ2v) is 7.00. The van der Waals surface area contributed by atoms with Gasteiger partial charge < -0.3 is 14.6 Å². The fourth-order valence-electron chi connectivity index (χ4n) is 2.97. The second-order valence-electron chi connectivity index (χ2n) is 6.59. The Hall–Kier alpha value is -2.03. The van der Waals surface area contributed by atoms with Crippen molar-refractivity contribution in [1.82, 2.24) is 15.0 Å². The number of benzene rings is 1. The first kappa shape index (κ1) is 19.7. The summed E-state index contributed by atoms with van der Waals surface area (Å²) in [7, 11) is 1.59. The highest BCUT2D eigenvalue weighted by molar-refractivity contribution is 6.31. The topological polar surface area (TPSA) is 80.5 Å². The molecule has 1 N–H and O–H groups in total. The number of nitrogens with one attached hydrogen (secondary N) is 1. The van der Waals surface area contributed by atoms with Crippen LogP contribution >= 0.6 is 11.6 Å². The van der Waals surface area contributed by atoms with Gasteiger partial charge in [-0.15, -0.1) is 0 Å². The van der Waals surface area contributed by atoms with Crippen LogP contribution in [0.5, 0.6) is 0 Å². The number of methoxy groups -OCH3 is 1. The van der Waals surface area contributed by atoms with Gasteiger partial charge in [0.25, 0.3) is 0 Å². The first-order valence-electron chi connectivity index (χ1n) is 8.80. The van der Waals surface area contributed by atoms with E-state index in [1.165, 1.54) is 18.2 Å². The number of carbonyl (C=O) groups excluding carboxylic acids is 1. The SMILES string of the molecule is COC(C)c1noc(CN2CCC(C(=O)Nc3ccc(F)c(Cl)c3)CC2)n1. The van der Waals surface area contributed by atoms with Gasteiger partial charge in [-0.3, -0.25) is 9.69 Å². The summed E-state index contributed by atoms with van der Waals surface area (Å²) in [5.74, 6) is 0.382. The predicted molar refractivity (Wildman–Crippen MR) is 97.8 cm³/mol. The maximum Gasteiger partial charge on any atom is 0.240 e. The van der Waals surface area contributed by atoms with E-state index in [1.807, 2.05) is 6.92 Å². The maximum atomic E-state index is 13.2. The summed E-state index contributed by atoms with van der Waals surface area (Å²) in [6.45, 7) is 3.90. The highest BCUT2D eigenvalue weighted by atomic mass is 35.5. The maximum absolute atomic E-state index is 13.2. The van der Waals surface area contributed by atoms with Crippen molar-refractivity contribution in [2.45, 2.75) is 32.4 Å². The lowest BCUT2D eigenvalue weighted by molar-refractivity contribution is -0.121. The van der Waals surface area contributed by atoms with Crippen molar-refractivity contribution in [2.24, 2.45) is 5.92 Å². The van der Waals surface area contributed by atoms with E-state index in [9.17, 15) is 9.18 Å². The van der Waals surface area contributed by atoms with E-state index in [2.05, 4.69) is 20.4 Å². The quantitative estimate of drug-likeness (QED) is 0.805. The Morgan fingerprint density at radius 1 is 1.48 bits per heavy atom.